The third-order valence-electron chi connectivity index (χ3n) is 11.4. The van der Waals surface area contributed by atoms with Crippen molar-refractivity contribution < 1.29 is 23.8 Å². The molecule has 0 fully saturated rings. The predicted molar refractivity (Wildman–Crippen MR) is 266 cm³/mol. The molecule has 0 amide bonds. The van der Waals surface area contributed by atoms with Crippen molar-refractivity contribution in [1.29, 1.82) is 0 Å². The molecule has 1 aromatic rings. The number of ether oxygens (including phenoxy) is 3. The summed E-state index contributed by atoms with van der Waals surface area (Å²) >= 11 is 0. The van der Waals surface area contributed by atoms with Crippen LogP contribution in [-0.2, 0) is 23.8 Å². The summed E-state index contributed by atoms with van der Waals surface area (Å²) in [6.07, 6.45) is 38.6. The Kier molecular flexibility index (Phi) is 49.3. The summed E-state index contributed by atoms with van der Waals surface area (Å²) < 4.78 is 15.4. The minimum atomic E-state index is -0.371. The lowest BCUT2D eigenvalue weighted by Gasteiger charge is -2.28. The van der Waals surface area contributed by atoms with E-state index in [1.807, 2.05) is 14.1 Å². The van der Waals surface area contributed by atoms with Gasteiger partial charge < -0.3 is 29.3 Å². The van der Waals surface area contributed by atoms with E-state index in [0.29, 0.717) is 50.7 Å². The van der Waals surface area contributed by atoms with Crippen molar-refractivity contribution in [2.45, 2.75) is 240 Å². The molecule has 0 saturated heterocycles. The van der Waals surface area contributed by atoms with Gasteiger partial charge in [-0.1, -0.05) is 189 Å². The normalized spacial score (nSPS) is 11.0. The molecular weight excluding hydrogens is 779 g/mol. The number of carbonyl (C=O) groups excluding carboxylic acids is 2. The van der Waals surface area contributed by atoms with E-state index in [1.165, 1.54) is 167 Å². The van der Waals surface area contributed by atoms with Crippen LogP contribution in [0.15, 0.2) is 9.59 Å². The number of hydrogen-bond acceptors (Lipinski definition) is 10. The summed E-state index contributed by atoms with van der Waals surface area (Å²) in [6, 6.07) is 0. The van der Waals surface area contributed by atoms with Gasteiger partial charge in [-0.05, 0) is 59.0 Å². The minimum absolute atomic E-state index is 0.171. The molecule has 0 aliphatic rings. The Morgan fingerprint density at radius 1 is 0.484 bits per heavy atom. The zero-order valence-electron chi connectivity index (χ0n) is 41.9. The van der Waals surface area contributed by atoms with Gasteiger partial charge in [0.1, 0.15) is 17.5 Å². The maximum atomic E-state index is 12.4. The number of unbranched alkanes of at least 4 members (excludes halogenated alkanes) is 24. The van der Waals surface area contributed by atoms with Gasteiger partial charge in [0.25, 0.3) is 23.8 Å². The number of likely N-dealkylation sites (N-methyl/N-ethyl adjacent to an activating group) is 1. The second kappa shape index (κ2) is 49.6. The number of hydrogen-bond donors (Lipinski definition) is 1. The first-order chi connectivity index (χ1) is 30.3. The number of anilines is 2. The summed E-state index contributed by atoms with van der Waals surface area (Å²) in [7, 11) is 4.03. The Hall–Kier alpha value is -2.46. The first-order valence-corrected chi connectivity index (χ1v) is 26.0. The highest BCUT2D eigenvalue weighted by molar-refractivity contribution is 5.75. The number of nitrogens with zero attached hydrogens (tertiary/aromatic N) is 2. The van der Waals surface area contributed by atoms with Gasteiger partial charge in [-0.25, -0.2) is 0 Å². The van der Waals surface area contributed by atoms with E-state index in [9.17, 15) is 19.2 Å². The summed E-state index contributed by atoms with van der Waals surface area (Å²) in [5.41, 5.74) is 0.427. The van der Waals surface area contributed by atoms with Crippen LogP contribution in [0.5, 0.6) is 0 Å². The number of nitrogens with one attached hydrogen (secondary N) is 1. The second-order valence-electron chi connectivity index (χ2n) is 17.6. The van der Waals surface area contributed by atoms with E-state index in [4.69, 9.17) is 9.47 Å². The van der Waals surface area contributed by atoms with Crippen molar-refractivity contribution in [3.8, 4) is 0 Å². The van der Waals surface area contributed by atoms with Crippen LogP contribution in [0.1, 0.15) is 234 Å². The van der Waals surface area contributed by atoms with Gasteiger partial charge in [-0.3, -0.25) is 19.2 Å². The van der Waals surface area contributed by atoms with Crippen LogP contribution in [0.4, 0.5) is 11.4 Å². The molecule has 0 unspecified atom stereocenters. The van der Waals surface area contributed by atoms with Gasteiger partial charge in [0.2, 0.25) is 0 Å². The van der Waals surface area contributed by atoms with Crippen molar-refractivity contribution >= 4 is 24.3 Å². The van der Waals surface area contributed by atoms with E-state index in [2.05, 4.69) is 54.5 Å². The lowest BCUT2D eigenvalue weighted by atomic mass is 10.0. The lowest BCUT2D eigenvalue weighted by Crippen LogP contribution is -2.43. The van der Waals surface area contributed by atoms with Crippen LogP contribution in [0.3, 0.4) is 0 Å². The molecule has 1 rings (SSSR count). The zero-order valence-corrected chi connectivity index (χ0v) is 41.9. The average Bonchev–Trinajstić information content (AvgIpc) is 3.27. The van der Waals surface area contributed by atoms with Gasteiger partial charge >= 0.3 is 0 Å². The number of carbonyl (C=O) groups is 2. The molecule has 0 aliphatic heterocycles. The molecule has 0 heterocycles. The largest absolute Gasteiger partial charge is 0.468 e. The van der Waals surface area contributed by atoms with E-state index in [-0.39, 0.29) is 17.0 Å². The Bertz CT molecular complexity index is 1110. The summed E-state index contributed by atoms with van der Waals surface area (Å²) in [5, 5.41) is 3.18. The molecule has 1 N–H and O–H groups in total. The zero-order chi connectivity index (χ0) is 46.2. The SMILES string of the molecule is CCCCCCCCC(CCCCCCCC)OC=O.CCCCCCCCN(CCCCCCCC)c1c(NCCOCCN(C)C)c(=O)c1=O.CCCCCCCOC=O. The topological polar surface area (TPSA) is 114 Å². The monoisotopic (exact) mass is 880 g/mol. The lowest BCUT2D eigenvalue weighted by molar-refractivity contribution is -0.134. The maximum Gasteiger partial charge on any atom is 0.293 e. The third kappa shape index (κ3) is 39.2. The quantitative estimate of drug-likeness (QED) is 0.0386. The van der Waals surface area contributed by atoms with E-state index >= 15 is 0 Å². The van der Waals surface area contributed by atoms with Crippen LogP contribution in [-0.4, -0.2) is 84.0 Å². The van der Waals surface area contributed by atoms with Crippen LogP contribution in [0.25, 0.3) is 0 Å². The third-order valence-corrected chi connectivity index (χ3v) is 11.4. The molecule has 0 bridgehead atoms. The second-order valence-corrected chi connectivity index (χ2v) is 17.6. The van der Waals surface area contributed by atoms with Crippen molar-refractivity contribution in [1.82, 2.24) is 4.90 Å². The molecule has 0 saturated carbocycles. The molecule has 10 nitrogen and oxygen atoms in total. The van der Waals surface area contributed by atoms with Crippen LogP contribution < -0.4 is 21.1 Å². The Balaban J connectivity index is 0. The smallest absolute Gasteiger partial charge is 0.293 e. The van der Waals surface area contributed by atoms with E-state index in [0.717, 1.165) is 51.7 Å². The average molecular weight is 880 g/mol. The fourth-order valence-corrected chi connectivity index (χ4v) is 7.44. The Labute approximate surface area is 382 Å². The predicted octanol–water partition coefficient (Wildman–Crippen LogP) is 13.0. The molecule has 0 aliphatic carbocycles. The van der Waals surface area contributed by atoms with Gasteiger partial charge in [0.15, 0.2) is 0 Å². The summed E-state index contributed by atoms with van der Waals surface area (Å²) in [6.45, 7) is 17.2. The highest BCUT2D eigenvalue weighted by Crippen LogP contribution is 2.22. The fraction of sp³-hybridized carbons (Fsp3) is 0.885. The first-order valence-electron chi connectivity index (χ1n) is 26.0. The van der Waals surface area contributed by atoms with Crippen LogP contribution in [0.2, 0.25) is 0 Å². The highest BCUT2D eigenvalue weighted by atomic mass is 16.5. The molecule has 10 heteroatoms. The van der Waals surface area contributed by atoms with Gasteiger partial charge in [0, 0.05) is 26.2 Å². The first kappa shape index (κ1) is 61.6. The number of rotatable bonds is 45. The molecule has 1 aromatic carbocycles. The van der Waals surface area contributed by atoms with Crippen molar-refractivity contribution in [3.63, 3.8) is 0 Å². The van der Waals surface area contributed by atoms with Crippen LogP contribution >= 0.6 is 0 Å². The van der Waals surface area contributed by atoms with Gasteiger partial charge in [-0.2, -0.15) is 0 Å². The Morgan fingerprint density at radius 2 is 0.903 bits per heavy atom. The maximum absolute atomic E-state index is 12.4. The van der Waals surface area contributed by atoms with Crippen molar-refractivity contribution in [2.24, 2.45) is 0 Å². The highest BCUT2D eigenvalue weighted by Gasteiger charge is 2.25. The van der Waals surface area contributed by atoms with E-state index in [1.54, 1.807) is 0 Å². The molecular formula is C52H101N3O7. The van der Waals surface area contributed by atoms with Crippen LogP contribution in [0, 0.1) is 0 Å². The summed E-state index contributed by atoms with van der Waals surface area (Å²) in [4.78, 5) is 49.1. The molecule has 0 aromatic heterocycles. The molecule has 366 valence electrons. The van der Waals surface area contributed by atoms with Crippen molar-refractivity contribution in [2.75, 3.05) is 70.3 Å². The summed E-state index contributed by atoms with van der Waals surface area (Å²) in [5.74, 6) is 0. The molecule has 0 radical (unpaired) electrons. The minimum Gasteiger partial charge on any atom is -0.468 e. The molecule has 0 spiro atoms. The van der Waals surface area contributed by atoms with Gasteiger partial charge in [-0.15, -0.1) is 0 Å². The standard InChI is InChI=1S/C26H49N3O3.C18H36O2.C8H16O2/c1-5-7-9-11-13-15-18-29(19-16-14-12-10-8-6-2)24-23(25(30)26(24)31)27-17-21-32-22-20-28(3)4;1-3-5-7-9-11-13-15-18(20-17-19)16-14-12-10-8-6-4-2;1-2-3-4-5-6-7-10-8-9/h27H,5-22H2,1-4H3;17-18H,3-16H2,1-2H3;8H,2-7H2,1H3. The molecule has 0 atom stereocenters. The molecule has 62 heavy (non-hydrogen) atoms. The van der Waals surface area contributed by atoms with E-state index < -0.39 is 0 Å². The Morgan fingerprint density at radius 3 is 1.32 bits per heavy atom. The van der Waals surface area contributed by atoms with Gasteiger partial charge in [0.05, 0.1) is 19.8 Å². The fourth-order valence-electron chi connectivity index (χ4n) is 7.44. The van der Waals surface area contributed by atoms with Crippen molar-refractivity contribution in [3.05, 3.63) is 20.4 Å².